The summed E-state index contributed by atoms with van der Waals surface area (Å²) in [5.74, 6) is -1.04. The van der Waals surface area contributed by atoms with Crippen molar-refractivity contribution in [3.63, 3.8) is 0 Å². The summed E-state index contributed by atoms with van der Waals surface area (Å²) in [7, 11) is 0. The fourth-order valence-corrected chi connectivity index (χ4v) is 3.06. The zero-order valence-electron chi connectivity index (χ0n) is 8.64. The van der Waals surface area contributed by atoms with Crippen LogP contribution in [0.15, 0.2) is 11.1 Å². The second-order valence-corrected chi connectivity index (χ2v) is 4.80. The lowest BCUT2D eigenvalue weighted by atomic mass is 10.2. The van der Waals surface area contributed by atoms with Gasteiger partial charge in [-0.05, 0) is 6.07 Å². The van der Waals surface area contributed by atoms with Crippen LogP contribution in [0.2, 0.25) is 0 Å². The van der Waals surface area contributed by atoms with E-state index in [1.54, 1.807) is 17.3 Å². The molecule has 0 saturated heterocycles. The molecule has 2 amide bonds. The Morgan fingerprint density at radius 3 is 2.76 bits per heavy atom. The molecule has 2 bridgehead atoms. The van der Waals surface area contributed by atoms with Crippen molar-refractivity contribution in [1.82, 2.24) is 4.90 Å². The van der Waals surface area contributed by atoms with Gasteiger partial charge < -0.3 is 16.4 Å². The Bertz CT molecular complexity index is 700. The van der Waals surface area contributed by atoms with Crippen molar-refractivity contribution in [2.45, 2.75) is 0 Å². The molecule has 0 radical (unpaired) electrons. The Labute approximate surface area is 99.5 Å². The van der Waals surface area contributed by atoms with Gasteiger partial charge in [0.2, 0.25) is 0 Å². The molecule has 2 aliphatic heterocycles. The van der Waals surface area contributed by atoms with E-state index < -0.39 is 11.8 Å². The van der Waals surface area contributed by atoms with Crippen LogP contribution < -0.4 is 21.2 Å². The highest BCUT2D eigenvalue weighted by atomic mass is 32.1. The Hall–Kier alpha value is -2.15. The van der Waals surface area contributed by atoms with E-state index in [2.05, 4.69) is 4.99 Å². The molecule has 1 aromatic rings. The molecule has 86 valence electrons. The first-order chi connectivity index (χ1) is 8.08. The van der Waals surface area contributed by atoms with Gasteiger partial charge in [-0.15, -0.1) is 11.3 Å². The highest BCUT2D eigenvalue weighted by molar-refractivity contribution is 7.12. The number of rotatable bonds is 2. The van der Waals surface area contributed by atoms with E-state index in [-0.39, 0.29) is 0 Å². The number of amides is 2. The monoisotopic (exact) mass is 248 g/mol. The third kappa shape index (κ3) is 1.29. The number of primary amides is 2. The van der Waals surface area contributed by atoms with Gasteiger partial charge in [0, 0.05) is 5.22 Å². The number of nitrogens with two attached hydrogens (primary N) is 2. The number of aliphatic imine (C=N–C) groups is 1. The van der Waals surface area contributed by atoms with Crippen molar-refractivity contribution in [3.8, 4) is 0 Å². The standard InChI is InChI=1S/C10H8N4O2S/c11-9(15)6-1-4-5-2-14(3-13-5)7(10(12)16)8(4)17-6/h1,3H,2H2,(H2,11,15)(H2,12,16). The summed E-state index contributed by atoms with van der Waals surface area (Å²) in [5, 5.41) is 0.780. The molecule has 0 atom stereocenters. The molecular weight excluding hydrogens is 240 g/mol. The van der Waals surface area contributed by atoms with E-state index in [0.29, 0.717) is 21.7 Å². The summed E-state index contributed by atoms with van der Waals surface area (Å²) < 4.78 is 0.671. The van der Waals surface area contributed by atoms with E-state index in [0.717, 1.165) is 10.9 Å². The smallest absolute Gasteiger partial charge is 0.266 e. The Balaban J connectivity index is 2.45. The maximum absolute atomic E-state index is 11.4. The Morgan fingerprint density at radius 1 is 1.35 bits per heavy atom. The Kier molecular flexibility index (Phi) is 1.87. The molecule has 0 saturated carbocycles. The van der Waals surface area contributed by atoms with Gasteiger partial charge in [-0.2, -0.15) is 0 Å². The average molecular weight is 248 g/mol. The van der Waals surface area contributed by atoms with Gasteiger partial charge in [0.15, 0.2) is 0 Å². The average Bonchev–Trinajstić information content (AvgIpc) is 2.84. The molecule has 0 aromatic carbocycles. The summed E-state index contributed by atoms with van der Waals surface area (Å²) in [6, 6.07) is 1.67. The molecule has 1 aromatic heterocycles. The normalized spacial score (nSPS) is 16.4. The van der Waals surface area contributed by atoms with Crippen LogP contribution >= 0.6 is 11.3 Å². The lowest BCUT2D eigenvalue weighted by Crippen LogP contribution is -2.41. The highest BCUT2D eigenvalue weighted by Gasteiger charge is 2.27. The van der Waals surface area contributed by atoms with Gasteiger partial charge in [-0.3, -0.25) is 9.59 Å². The van der Waals surface area contributed by atoms with Crippen molar-refractivity contribution < 1.29 is 9.59 Å². The van der Waals surface area contributed by atoms with Crippen LogP contribution in [-0.2, 0) is 4.79 Å². The lowest BCUT2D eigenvalue weighted by molar-refractivity contribution is -0.113. The van der Waals surface area contributed by atoms with Crippen LogP contribution in [0.1, 0.15) is 9.67 Å². The molecule has 0 fully saturated rings. The van der Waals surface area contributed by atoms with Gasteiger partial charge in [0.25, 0.3) is 11.8 Å². The number of carbonyl (C=O) groups excluding carboxylic acids is 2. The van der Waals surface area contributed by atoms with Gasteiger partial charge in [-0.25, -0.2) is 4.99 Å². The molecular formula is C10H8N4O2S. The third-order valence-corrected chi connectivity index (χ3v) is 3.85. The van der Waals surface area contributed by atoms with Gasteiger partial charge in [-0.1, -0.05) is 0 Å². The van der Waals surface area contributed by atoms with E-state index in [1.807, 2.05) is 0 Å². The molecule has 0 spiro atoms. The maximum atomic E-state index is 11.4. The zero-order chi connectivity index (χ0) is 12.2. The SMILES string of the molecule is NC(=O)C1=c2sc(C(N)=O)cc2=C2CN1C=N2. The number of carbonyl (C=O) groups is 2. The zero-order valence-corrected chi connectivity index (χ0v) is 9.45. The van der Waals surface area contributed by atoms with Crippen LogP contribution in [0.25, 0.3) is 11.4 Å². The molecule has 0 aliphatic carbocycles. The molecule has 4 N–H and O–H groups in total. The van der Waals surface area contributed by atoms with Gasteiger partial charge in [0.05, 0.1) is 28.0 Å². The number of hydrogen-bond acceptors (Lipinski definition) is 5. The lowest BCUT2D eigenvalue weighted by Gasteiger charge is -2.17. The number of hydrogen-bond donors (Lipinski definition) is 2. The number of fused-ring (bicyclic) bond motifs is 3. The van der Waals surface area contributed by atoms with E-state index in [9.17, 15) is 9.59 Å². The van der Waals surface area contributed by atoms with Crippen molar-refractivity contribution in [3.05, 3.63) is 20.7 Å². The second-order valence-electron chi connectivity index (χ2n) is 3.75. The third-order valence-electron chi connectivity index (χ3n) is 2.69. The fraction of sp³-hybridized carbons (Fsp3) is 0.100. The highest BCUT2D eigenvalue weighted by Crippen LogP contribution is 2.17. The topological polar surface area (TPSA) is 102 Å². The van der Waals surface area contributed by atoms with Crippen LogP contribution in [0.3, 0.4) is 0 Å². The van der Waals surface area contributed by atoms with Crippen LogP contribution in [0.5, 0.6) is 0 Å². The van der Waals surface area contributed by atoms with Crippen molar-refractivity contribution in [2.75, 3.05) is 6.54 Å². The summed E-state index contributed by atoms with van der Waals surface area (Å²) in [4.78, 5) is 28.9. The van der Waals surface area contributed by atoms with E-state index in [1.165, 1.54) is 11.3 Å². The molecule has 2 aliphatic rings. The summed E-state index contributed by atoms with van der Waals surface area (Å²) in [5.41, 5.74) is 11.8. The molecule has 3 rings (SSSR count). The van der Waals surface area contributed by atoms with Crippen LogP contribution in [0, 0.1) is 0 Å². The van der Waals surface area contributed by atoms with E-state index in [4.69, 9.17) is 11.5 Å². The van der Waals surface area contributed by atoms with Crippen LogP contribution in [-0.4, -0.2) is 29.6 Å². The first kappa shape index (κ1) is 10.0. The molecule has 0 unspecified atom stereocenters. The number of nitrogens with zero attached hydrogens (tertiary/aromatic N) is 2. The summed E-state index contributed by atoms with van der Waals surface area (Å²) >= 11 is 1.17. The predicted octanol–water partition coefficient (Wildman–Crippen LogP) is -2.09. The minimum Gasteiger partial charge on any atom is -0.365 e. The Morgan fingerprint density at radius 2 is 2.12 bits per heavy atom. The molecule has 7 heteroatoms. The van der Waals surface area contributed by atoms with Crippen molar-refractivity contribution >= 4 is 40.9 Å². The minimum absolute atomic E-state index is 0.377. The molecule has 3 heterocycles. The maximum Gasteiger partial charge on any atom is 0.266 e. The van der Waals surface area contributed by atoms with E-state index >= 15 is 0 Å². The van der Waals surface area contributed by atoms with Gasteiger partial charge >= 0.3 is 0 Å². The summed E-state index contributed by atoms with van der Waals surface area (Å²) in [6.07, 6.45) is 1.58. The first-order valence-electron chi connectivity index (χ1n) is 4.85. The molecule has 17 heavy (non-hydrogen) atoms. The van der Waals surface area contributed by atoms with Crippen molar-refractivity contribution in [1.29, 1.82) is 0 Å². The quantitative estimate of drug-likeness (QED) is 0.627. The molecule has 6 nitrogen and oxygen atoms in total. The predicted molar refractivity (Wildman–Crippen MR) is 63.3 cm³/mol. The van der Waals surface area contributed by atoms with Crippen molar-refractivity contribution in [2.24, 2.45) is 16.5 Å². The van der Waals surface area contributed by atoms with Gasteiger partial charge in [0.1, 0.15) is 5.70 Å². The fourth-order valence-electron chi connectivity index (χ4n) is 1.96. The largest absolute Gasteiger partial charge is 0.365 e. The minimum atomic E-state index is -0.531. The first-order valence-corrected chi connectivity index (χ1v) is 5.67. The number of thiophene rings is 1. The summed E-state index contributed by atoms with van der Waals surface area (Å²) in [6.45, 7) is 0.514. The second kappa shape index (κ2) is 3.17. The van der Waals surface area contributed by atoms with Crippen LogP contribution in [0.4, 0.5) is 0 Å².